The summed E-state index contributed by atoms with van der Waals surface area (Å²) in [4.78, 5) is 14.5. The van der Waals surface area contributed by atoms with Crippen LogP contribution in [0.2, 0.25) is 0 Å². The van der Waals surface area contributed by atoms with Crippen molar-refractivity contribution in [3.63, 3.8) is 0 Å². The van der Waals surface area contributed by atoms with Crippen LogP contribution in [0.4, 0.5) is 5.82 Å². The Bertz CT molecular complexity index is 914. The molecule has 2 heterocycles. The van der Waals surface area contributed by atoms with E-state index in [-0.39, 0.29) is 6.04 Å². The van der Waals surface area contributed by atoms with Crippen molar-refractivity contribution in [1.82, 2.24) is 9.38 Å². The third-order valence-electron chi connectivity index (χ3n) is 4.04. The van der Waals surface area contributed by atoms with E-state index in [2.05, 4.69) is 24.1 Å². The summed E-state index contributed by atoms with van der Waals surface area (Å²) in [5, 5.41) is 3.49. The molecule has 0 fully saturated rings. The van der Waals surface area contributed by atoms with Crippen LogP contribution in [-0.2, 0) is 16.4 Å². The second kappa shape index (κ2) is 8.70. The van der Waals surface area contributed by atoms with Gasteiger partial charge >= 0.3 is 0 Å². The largest absolute Gasteiger partial charge is 0.497 e. The first kappa shape index (κ1) is 18.9. The summed E-state index contributed by atoms with van der Waals surface area (Å²) < 4.78 is 7.25. The van der Waals surface area contributed by atoms with E-state index < -0.39 is 0 Å². The Morgan fingerprint density at radius 1 is 1.11 bits per heavy atom. The Morgan fingerprint density at radius 3 is 2.56 bits per heavy atom. The summed E-state index contributed by atoms with van der Waals surface area (Å²) in [5.74, 6) is 1.80. The van der Waals surface area contributed by atoms with Crippen LogP contribution in [0, 0.1) is 0 Å². The maximum Gasteiger partial charge on any atom is 0.139 e. The average molecular weight is 367 g/mol. The van der Waals surface area contributed by atoms with Gasteiger partial charge in [0.2, 0.25) is 0 Å². The van der Waals surface area contributed by atoms with Crippen molar-refractivity contribution >= 4 is 23.6 Å². The third kappa shape index (κ3) is 4.67. The second-order valence-electron chi connectivity index (χ2n) is 6.44. The predicted octanol–water partition coefficient (Wildman–Crippen LogP) is 4.41. The van der Waals surface area contributed by atoms with Gasteiger partial charge in [0, 0.05) is 12.2 Å². The van der Waals surface area contributed by atoms with Gasteiger partial charge in [0.1, 0.15) is 29.5 Å². The monoisotopic (exact) mass is 367 g/mol. The van der Waals surface area contributed by atoms with Crippen LogP contribution < -0.4 is 10.1 Å². The van der Waals surface area contributed by atoms with E-state index in [1.807, 2.05) is 59.1 Å². The molecule has 6 heteroatoms. The molecule has 1 aromatic carbocycles. The van der Waals surface area contributed by atoms with Gasteiger partial charge in [-0.15, -0.1) is 0 Å². The maximum atomic E-state index is 5.20. The molecule has 3 rings (SSSR count). The van der Waals surface area contributed by atoms with Crippen molar-refractivity contribution in [2.45, 2.75) is 26.5 Å². The van der Waals surface area contributed by atoms with Gasteiger partial charge in [-0.1, -0.05) is 18.2 Å². The van der Waals surface area contributed by atoms with Crippen molar-refractivity contribution in [2.75, 3.05) is 19.5 Å². The summed E-state index contributed by atoms with van der Waals surface area (Å²) in [5.41, 5.74) is 3.81. The molecule has 0 radical (unpaired) electrons. The van der Waals surface area contributed by atoms with Crippen molar-refractivity contribution in [1.29, 1.82) is 0 Å². The molecule has 0 aliphatic carbocycles. The number of hydrogen-bond donors (Lipinski definition) is 1. The van der Waals surface area contributed by atoms with Crippen LogP contribution in [-0.4, -0.2) is 29.6 Å². The van der Waals surface area contributed by atoms with Gasteiger partial charge < -0.3 is 10.1 Å². The molecular weight excluding hydrogens is 342 g/mol. The molecule has 0 bridgehead atoms. The number of nitrogens with one attached hydrogen (secondary N) is 1. The first-order valence-corrected chi connectivity index (χ1v) is 8.86. The summed E-state index contributed by atoms with van der Waals surface area (Å²) >= 11 is 0. The molecule has 0 saturated carbocycles. The minimum atomic E-state index is 0.287. The molecule has 0 spiro atoms. The number of benzene rings is 1. The molecule has 0 atom stereocenters. The van der Waals surface area contributed by atoms with Gasteiger partial charge in [0.25, 0.3) is 0 Å². The summed E-state index contributed by atoms with van der Waals surface area (Å²) in [6, 6.07) is 12.2. The van der Waals surface area contributed by atoms with Gasteiger partial charge in [-0.25, -0.2) is 14.8 Å². The Hall–Kier alpha value is -2.83. The Kier molecular flexibility index (Phi) is 6.11. The summed E-state index contributed by atoms with van der Waals surface area (Å²) in [7, 11) is 3.16. The molecule has 6 nitrogen and oxygen atoms in total. The number of hydrogen-bond acceptors (Lipinski definition) is 5. The zero-order valence-corrected chi connectivity index (χ0v) is 16.1. The van der Waals surface area contributed by atoms with E-state index in [4.69, 9.17) is 14.6 Å². The van der Waals surface area contributed by atoms with E-state index in [1.165, 1.54) is 7.11 Å². The van der Waals surface area contributed by atoms with E-state index >= 15 is 0 Å². The van der Waals surface area contributed by atoms with Crippen molar-refractivity contribution < 1.29 is 14.5 Å². The first-order chi connectivity index (χ1) is 13.1. The fourth-order valence-electron chi connectivity index (χ4n) is 2.75. The van der Waals surface area contributed by atoms with E-state index in [9.17, 15) is 0 Å². The highest BCUT2D eigenvalue weighted by Crippen LogP contribution is 2.23. The molecule has 3 aromatic rings. The van der Waals surface area contributed by atoms with E-state index in [1.54, 1.807) is 7.11 Å². The number of fused-ring (bicyclic) bond motifs is 1. The molecule has 0 aliphatic heterocycles. The quantitative estimate of drug-likeness (QED) is 0.472. The molecule has 1 N–H and O–H groups in total. The molecule has 27 heavy (non-hydrogen) atoms. The zero-order chi connectivity index (χ0) is 19.2. The molecule has 0 unspecified atom stereocenters. The topological polar surface area (TPSA) is 57.0 Å². The van der Waals surface area contributed by atoms with Gasteiger partial charge in [-0.2, -0.15) is 0 Å². The van der Waals surface area contributed by atoms with Gasteiger partial charge in [-0.05, 0) is 55.3 Å². The molecule has 2 aromatic heterocycles. The predicted molar refractivity (Wildman–Crippen MR) is 108 cm³/mol. The smallest absolute Gasteiger partial charge is 0.139 e. The highest BCUT2D eigenvalue weighted by Gasteiger charge is 2.11. The van der Waals surface area contributed by atoms with Crippen LogP contribution in [0.3, 0.4) is 0 Å². The lowest BCUT2D eigenvalue weighted by atomic mass is 10.2. The lowest BCUT2D eigenvalue weighted by Gasteiger charge is -2.11. The normalized spacial score (nSPS) is 11.6. The fourth-order valence-corrected chi connectivity index (χ4v) is 2.75. The maximum absolute atomic E-state index is 5.20. The van der Waals surface area contributed by atoms with Crippen molar-refractivity contribution in [3.05, 3.63) is 59.4 Å². The average Bonchev–Trinajstić information content (AvgIpc) is 3.01. The van der Waals surface area contributed by atoms with Gasteiger partial charge in [0.05, 0.1) is 14.2 Å². The molecule has 0 saturated heterocycles. The van der Waals surface area contributed by atoms with Gasteiger partial charge in [0.15, 0.2) is 0 Å². The lowest BCUT2D eigenvalue weighted by Crippen LogP contribution is -2.12. The summed E-state index contributed by atoms with van der Waals surface area (Å²) in [6.07, 6.45) is 6.05. The number of methoxy groups -OCH3 is 1. The van der Waals surface area contributed by atoms with E-state index in [0.717, 1.165) is 34.0 Å². The Labute approximate surface area is 159 Å². The van der Waals surface area contributed by atoms with Crippen LogP contribution in [0.5, 0.6) is 5.75 Å². The first-order valence-electron chi connectivity index (χ1n) is 8.86. The van der Waals surface area contributed by atoms with E-state index in [0.29, 0.717) is 6.61 Å². The number of pyridine rings is 1. The SMILES string of the molecule is COOCc1ccn2c(NC(C)C)c(/C=C/c3ccc(OC)cc3)nc2c1. The summed E-state index contributed by atoms with van der Waals surface area (Å²) in [6.45, 7) is 4.60. The standard InChI is InChI=1S/C21H25N3O3/c1-15(2)22-21-19(10-7-16-5-8-18(25-3)9-6-16)23-20-13-17(14-27-26-4)11-12-24(20)21/h5-13,15,22H,14H2,1-4H3/b10-7+. The zero-order valence-electron chi connectivity index (χ0n) is 16.1. The molecule has 0 aliphatic rings. The number of aromatic nitrogens is 2. The van der Waals surface area contributed by atoms with Crippen molar-refractivity contribution in [3.8, 4) is 5.75 Å². The minimum Gasteiger partial charge on any atom is -0.497 e. The number of ether oxygens (including phenoxy) is 1. The Morgan fingerprint density at radius 2 is 1.89 bits per heavy atom. The minimum absolute atomic E-state index is 0.287. The van der Waals surface area contributed by atoms with Gasteiger partial charge in [-0.3, -0.25) is 4.40 Å². The highest BCUT2D eigenvalue weighted by molar-refractivity contribution is 5.76. The van der Waals surface area contributed by atoms with Crippen LogP contribution in [0.15, 0.2) is 42.6 Å². The molecule has 0 amide bonds. The lowest BCUT2D eigenvalue weighted by molar-refractivity contribution is -0.282. The highest BCUT2D eigenvalue weighted by atomic mass is 17.2. The fraction of sp³-hybridized carbons (Fsp3) is 0.286. The number of anilines is 1. The molecular formula is C21H25N3O3. The number of nitrogens with zero attached hydrogens (tertiary/aromatic N) is 2. The third-order valence-corrected chi connectivity index (χ3v) is 4.04. The molecule has 142 valence electrons. The number of imidazole rings is 1. The second-order valence-corrected chi connectivity index (χ2v) is 6.44. The van der Waals surface area contributed by atoms with Crippen LogP contribution in [0.25, 0.3) is 17.8 Å². The van der Waals surface area contributed by atoms with Crippen LogP contribution >= 0.6 is 0 Å². The number of rotatable bonds is 8. The van der Waals surface area contributed by atoms with Crippen LogP contribution in [0.1, 0.15) is 30.7 Å². The van der Waals surface area contributed by atoms with Crippen molar-refractivity contribution in [2.24, 2.45) is 0 Å². The Balaban J connectivity index is 1.94.